The molecule has 0 N–H and O–H groups in total. The van der Waals surface area contributed by atoms with Crippen LogP contribution in [0.15, 0.2) is 51.7 Å². The molecule has 114 valence electrons. The molecule has 0 aliphatic heterocycles. The molecule has 0 radical (unpaired) electrons. The van der Waals surface area contributed by atoms with E-state index in [9.17, 15) is 18.0 Å². The summed E-state index contributed by atoms with van der Waals surface area (Å²) >= 11 is 5.88. The molecule has 0 aliphatic carbocycles. The lowest BCUT2D eigenvalue weighted by atomic mass is 10.1. The van der Waals surface area contributed by atoms with Crippen LogP contribution in [0.25, 0.3) is 11.1 Å². The van der Waals surface area contributed by atoms with Gasteiger partial charge in [-0.2, -0.15) is 13.2 Å². The van der Waals surface area contributed by atoms with Crippen molar-refractivity contribution in [3.05, 3.63) is 69.2 Å². The Labute approximate surface area is 127 Å². The molecule has 0 unspecified atom stereocenters. The van der Waals surface area contributed by atoms with Crippen molar-refractivity contribution in [1.82, 2.24) is 4.57 Å². The molecule has 1 heterocycles. The minimum atomic E-state index is -4.43. The van der Waals surface area contributed by atoms with Gasteiger partial charge in [0.15, 0.2) is 5.58 Å². The number of fused-ring (bicyclic) bond motifs is 1. The second-order valence-corrected chi connectivity index (χ2v) is 5.20. The molecular weight excluding hydrogens is 319 g/mol. The van der Waals surface area contributed by atoms with Gasteiger partial charge in [-0.25, -0.2) is 4.79 Å². The van der Waals surface area contributed by atoms with Crippen LogP contribution in [0.5, 0.6) is 0 Å². The van der Waals surface area contributed by atoms with Gasteiger partial charge in [0.05, 0.1) is 17.6 Å². The quantitative estimate of drug-likeness (QED) is 0.703. The highest BCUT2D eigenvalue weighted by Gasteiger charge is 2.30. The van der Waals surface area contributed by atoms with Gasteiger partial charge in [-0.1, -0.05) is 23.7 Å². The Balaban J connectivity index is 2.05. The van der Waals surface area contributed by atoms with Gasteiger partial charge in [-0.15, -0.1) is 0 Å². The molecule has 0 fully saturated rings. The molecule has 7 heteroatoms. The molecule has 0 aliphatic rings. The zero-order chi connectivity index (χ0) is 15.9. The Bertz CT molecular complexity index is 896. The molecule has 3 aromatic rings. The van der Waals surface area contributed by atoms with E-state index in [1.807, 2.05) is 0 Å². The van der Waals surface area contributed by atoms with Crippen LogP contribution < -0.4 is 5.76 Å². The highest BCUT2D eigenvalue weighted by atomic mass is 35.5. The molecule has 22 heavy (non-hydrogen) atoms. The van der Waals surface area contributed by atoms with Crippen LogP contribution in [-0.4, -0.2) is 4.57 Å². The minimum Gasteiger partial charge on any atom is -0.408 e. The van der Waals surface area contributed by atoms with E-state index < -0.39 is 17.5 Å². The number of oxazole rings is 1. The molecule has 3 rings (SSSR count). The van der Waals surface area contributed by atoms with Gasteiger partial charge in [0, 0.05) is 5.02 Å². The summed E-state index contributed by atoms with van der Waals surface area (Å²) in [5, 5.41) is 0.408. The predicted octanol–water partition coefficient (Wildman–Crippen LogP) is 4.32. The Morgan fingerprint density at radius 3 is 2.64 bits per heavy atom. The summed E-state index contributed by atoms with van der Waals surface area (Å²) in [4.78, 5) is 11.9. The van der Waals surface area contributed by atoms with Gasteiger partial charge in [0.2, 0.25) is 0 Å². The van der Waals surface area contributed by atoms with Gasteiger partial charge in [-0.3, -0.25) is 4.57 Å². The lowest BCUT2D eigenvalue weighted by molar-refractivity contribution is -0.137. The van der Waals surface area contributed by atoms with Crippen LogP contribution in [0, 0.1) is 0 Å². The summed E-state index contributed by atoms with van der Waals surface area (Å²) in [6, 6.07) is 9.47. The first kappa shape index (κ1) is 14.7. The van der Waals surface area contributed by atoms with Crippen molar-refractivity contribution in [2.75, 3.05) is 0 Å². The normalized spacial score (nSPS) is 12.0. The topological polar surface area (TPSA) is 35.1 Å². The van der Waals surface area contributed by atoms with Gasteiger partial charge in [-0.05, 0) is 35.9 Å². The number of halogens is 4. The molecule has 2 aromatic carbocycles. The van der Waals surface area contributed by atoms with Crippen LogP contribution in [-0.2, 0) is 12.7 Å². The van der Waals surface area contributed by atoms with Crippen molar-refractivity contribution in [3.63, 3.8) is 0 Å². The summed E-state index contributed by atoms with van der Waals surface area (Å²) < 4.78 is 44.5. The maximum Gasteiger partial charge on any atom is 0.420 e. The Morgan fingerprint density at radius 2 is 1.91 bits per heavy atom. The molecule has 0 atom stereocenters. The fraction of sp³-hybridized carbons (Fsp3) is 0.133. The number of rotatable bonds is 2. The van der Waals surface area contributed by atoms with E-state index in [0.717, 1.165) is 12.1 Å². The summed E-state index contributed by atoms with van der Waals surface area (Å²) in [6.45, 7) is -0.0317. The zero-order valence-electron chi connectivity index (χ0n) is 11.0. The molecule has 0 spiro atoms. The fourth-order valence-electron chi connectivity index (χ4n) is 2.21. The first-order valence-corrected chi connectivity index (χ1v) is 6.67. The van der Waals surface area contributed by atoms with Crippen molar-refractivity contribution < 1.29 is 17.6 Å². The minimum absolute atomic E-state index is 0.0317. The first-order valence-electron chi connectivity index (χ1n) is 6.29. The maximum absolute atomic E-state index is 12.7. The van der Waals surface area contributed by atoms with Crippen LogP contribution in [0.4, 0.5) is 13.2 Å². The lowest BCUT2D eigenvalue weighted by Gasteiger charge is -2.09. The van der Waals surface area contributed by atoms with E-state index in [4.69, 9.17) is 16.0 Å². The number of hydrogen-bond acceptors (Lipinski definition) is 2. The third-order valence-corrected chi connectivity index (χ3v) is 3.46. The smallest absolute Gasteiger partial charge is 0.408 e. The third-order valence-electron chi connectivity index (χ3n) is 3.22. The Morgan fingerprint density at radius 1 is 1.14 bits per heavy atom. The highest BCUT2D eigenvalue weighted by Crippen LogP contribution is 2.30. The highest BCUT2D eigenvalue weighted by molar-refractivity contribution is 6.31. The molecule has 0 amide bonds. The van der Waals surface area contributed by atoms with Crippen LogP contribution in [0.2, 0.25) is 5.02 Å². The van der Waals surface area contributed by atoms with Crippen molar-refractivity contribution in [3.8, 4) is 0 Å². The number of nitrogens with zero attached hydrogens (tertiary/aromatic N) is 1. The van der Waals surface area contributed by atoms with Crippen LogP contribution >= 0.6 is 11.6 Å². The van der Waals surface area contributed by atoms with Crippen LogP contribution in [0.3, 0.4) is 0 Å². The van der Waals surface area contributed by atoms with Crippen molar-refractivity contribution in [1.29, 1.82) is 0 Å². The second kappa shape index (κ2) is 5.21. The first-order chi connectivity index (χ1) is 10.3. The number of aromatic nitrogens is 1. The van der Waals surface area contributed by atoms with Gasteiger partial charge < -0.3 is 4.42 Å². The maximum atomic E-state index is 12.7. The summed E-state index contributed by atoms with van der Waals surface area (Å²) in [5.74, 6) is -0.644. The van der Waals surface area contributed by atoms with E-state index in [-0.39, 0.29) is 6.54 Å². The molecular formula is C15H9ClF3NO2. The molecule has 1 aromatic heterocycles. The number of hydrogen-bond donors (Lipinski definition) is 0. The standard InChI is InChI=1S/C15H9ClF3NO2/c16-11-4-5-13-12(7-11)20(14(21)22-13)8-9-2-1-3-10(6-9)15(17,18)19/h1-7H,8H2. The van der Waals surface area contributed by atoms with Gasteiger partial charge in [0.1, 0.15) is 0 Å². The molecule has 3 nitrogen and oxygen atoms in total. The molecule has 0 saturated carbocycles. The molecule has 0 saturated heterocycles. The lowest BCUT2D eigenvalue weighted by Crippen LogP contribution is -2.15. The van der Waals surface area contributed by atoms with Gasteiger partial charge >= 0.3 is 11.9 Å². The third kappa shape index (κ3) is 2.74. The SMILES string of the molecule is O=c1oc2ccc(Cl)cc2n1Cc1cccc(C(F)(F)F)c1. The average molecular weight is 328 g/mol. The van der Waals surface area contributed by atoms with E-state index in [0.29, 0.717) is 21.7 Å². The predicted molar refractivity (Wildman–Crippen MR) is 76.0 cm³/mol. The number of alkyl halides is 3. The van der Waals surface area contributed by atoms with E-state index in [1.165, 1.54) is 22.8 Å². The van der Waals surface area contributed by atoms with E-state index in [1.54, 1.807) is 12.1 Å². The van der Waals surface area contributed by atoms with E-state index >= 15 is 0 Å². The van der Waals surface area contributed by atoms with Crippen molar-refractivity contribution >= 4 is 22.7 Å². The average Bonchev–Trinajstić information content (AvgIpc) is 2.75. The Hall–Kier alpha value is -2.21. The van der Waals surface area contributed by atoms with Gasteiger partial charge in [0.25, 0.3) is 0 Å². The molecule has 0 bridgehead atoms. The summed E-state index contributed by atoms with van der Waals surface area (Å²) in [6.07, 6.45) is -4.43. The number of benzene rings is 2. The largest absolute Gasteiger partial charge is 0.420 e. The van der Waals surface area contributed by atoms with E-state index in [2.05, 4.69) is 0 Å². The second-order valence-electron chi connectivity index (χ2n) is 4.76. The zero-order valence-corrected chi connectivity index (χ0v) is 11.8. The van der Waals surface area contributed by atoms with Crippen molar-refractivity contribution in [2.24, 2.45) is 0 Å². The summed E-state index contributed by atoms with van der Waals surface area (Å²) in [5.41, 5.74) is 0.361. The summed E-state index contributed by atoms with van der Waals surface area (Å²) in [7, 11) is 0. The van der Waals surface area contributed by atoms with Crippen LogP contribution in [0.1, 0.15) is 11.1 Å². The van der Waals surface area contributed by atoms with Crippen molar-refractivity contribution in [2.45, 2.75) is 12.7 Å². The Kier molecular flexibility index (Phi) is 3.48. The fourth-order valence-corrected chi connectivity index (χ4v) is 2.38. The monoisotopic (exact) mass is 327 g/mol.